The van der Waals surface area contributed by atoms with Gasteiger partial charge in [-0.2, -0.15) is 0 Å². The Morgan fingerprint density at radius 1 is 0.564 bits per heavy atom. The van der Waals surface area contributed by atoms with Crippen LogP contribution in [-0.4, -0.2) is 92.6 Å². The summed E-state index contributed by atoms with van der Waals surface area (Å²) in [6.45, 7) is -2.13. The third-order valence-electron chi connectivity index (χ3n) is 8.45. The highest BCUT2D eigenvalue weighted by Crippen LogP contribution is 2.56. The van der Waals surface area contributed by atoms with Gasteiger partial charge in [0.1, 0.15) is 61.7 Å². The number of carbonyl (C=O) groups excluding carboxylic acids is 6. The number of esters is 3. The summed E-state index contributed by atoms with van der Waals surface area (Å²) >= 11 is 0. The smallest absolute Gasteiger partial charge is 0.309 e. The molecular weight excluding hydrogens is 733 g/mol. The molecular formula is C40H47NO13P+. The van der Waals surface area contributed by atoms with Gasteiger partial charge in [0.2, 0.25) is 5.91 Å². The van der Waals surface area contributed by atoms with Crippen molar-refractivity contribution in [1.82, 2.24) is 5.32 Å². The summed E-state index contributed by atoms with van der Waals surface area (Å²) in [4.78, 5) is 82.9. The highest BCUT2D eigenvalue weighted by atomic mass is 31.2. The number of rotatable bonds is 27. The molecule has 0 bridgehead atoms. The van der Waals surface area contributed by atoms with Gasteiger partial charge in [-0.15, -0.1) is 0 Å². The zero-order valence-electron chi connectivity index (χ0n) is 30.5. The van der Waals surface area contributed by atoms with Crippen LogP contribution in [0.5, 0.6) is 0 Å². The number of ether oxygens (including phenoxy) is 5. The number of carbonyl (C=O) groups is 7. The molecule has 0 aromatic heterocycles. The maximum absolute atomic E-state index is 13.5. The second kappa shape index (κ2) is 23.9. The first-order valence-corrected chi connectivity index (χ1v) is 19.8. The van der Waals surface area contributed by atoms with E-state index >= 15 is 0 Å². The van der Waals surface area contributed by atoms with Gasteiger partial charge >= 0.3 is 23.9 Å². The largest absolute Gasteiger partial charge is 0.481 e. The highest BCUT2D eigenvalue weighted by Gasteiger charge is 2.44. The van der Waals surface area contributed by atoms with Crippen molar-refractivity contribution in [2.45, 2.75) is 56.9 Å². The van der Waals surface area contributed by atoms with E-state index in [1.54, 1.807) is 0 Å². The normalized spacial score (nSPS) is 11.1. The Morgan fingerprint density at radius 2 is 0.982 bits per heavy atom. The van der Waals surface area contributed by atoms with Gasteiger partial charge in [-0.3, -0.25) is 33.6 Å². The average Bonchev–Trinajstić information content (AvgIpc) is 3.20. The first-order valence-electron chi connectivity index (χ1n) is 17.8. The van der Waals surface area contributed by atoms with E-state index in [0.717, 1.165) is 12.6 Å². The monoisotopic (exact) mass is 780 g/mol. The fourth-order valence-corrected chi connectivity index (χ4v) is 10.2. The van der Waals surface area contributed by atoms with Crippen LogP contribution >= 0.6 is 7.26 Å². The SMILES string of the molecule is O=COCCC(=O)OCC(COC(=O)CCOC=O)(COC(=O)CCC(=O)O)NC(=O)CCCCC[P+](c1ccccc1)(c1ccccc1)c1ccccc1. The van der Waals surface area contributed by atoms with E-state index in [9.17, 15) is 33.6 Å². The Bertz CT molecular complexity index is 1550. The van der Waals surface area contributed by atoms with Crippen molar-refractivity contribution >= 4 is 65.9 Å². The van der Waals surface area contributed by atoms with Gasteiger partial charge in [0.05, 0.1) is 31.8 Å². The Balaban J connectivity index is 1.78. The number of benzene rings is 3. The molecule has 0 atom stereocenters. The van der Waals surface area contributed by atoms with Crippen LogP contribution in [0.4, 0.5) is 0 Å². The van der Waals surface area contributed by atoms with Crippen LogP contribution in [0.1, 0.15) is 51.4 Å². The third-order valence-corrected chi connectivity index (χ3v) is 13.0. The molecule has 0 heterocycles. The number of carboxylic acid groups (broad SMARTS) is 1. The molecule has 3 rings (SSSR count). The van der Waals surface area contributed by atoms with Crippen molar-refractivity contribution in [1.29, 1.82) is 0 Å². The zero-order valence-corrected chi connectivity index (χ0v) is 31.4. The van der Waals surface area contributed by atoms with Gasteiger partial charge in [0, 0.05) is 6.42 Å². The molecule has 0 spiro atoms. The number of unbranched alkanes of at least 4 members (excludes halogenated alkanes) is 2. The maximum atomic E-state index is 13.5. The van der Waals surface area contributed by atoms with Crippen LogP contribution < -0.4 is 21.2 Å². The minimum atomic E-state index is -2.08. The lowest BCUT2D eigenvalue weighted by molar-refractivity contribution is -0.160. The number of nitrogens with one attached hydrogen (secondary N) is 1. The summed E-state index contributed by atoms with van der Waals surface area (Å²) in [5, 5.41) is 15.4. The van der Waals surface area contributed by atoms with Gasteiger partial charge < -0.3 is 34.1 Å². The molecule has 0 saturated carbocycles. The molecule has 0 fully saturated rings. The van der Waals surface area contributed by atoms with Gasteiger partial charge in [0.15, 0.2) is 0 Å². The summed E-state index contributed by atoms with van der Waals surface area (Å²) in [6, 6.07) is 31.3. The van der Waals surface area contributed by atoms with Crippen molar-refractivity contribution in [2.24, 2.45) is 0 Å². The fraction of sp³-hybridized carbons (Fsp3) is 0.375. The first-order chi connectivity index (χ1) is 26.6. The van der Waals surface area contributed by atoms with E-state index < -0.39 is 75.2 Å². The lowest BCUT2D eigenvalue weighted by Crippen LogP contribution is -2.59. The van der Waals surface area contributed by atoms with Crippen LogP contribution in [0.15, 0.2) is 91.0 Å². The van der Waals surface area contributed by atoms with Gasteiger partial charge in [-0.1, -0.05) is 54.6 Å². The van der Waals surface area contributed by atoms with E-state index in [1.807, 2.05) is 54.6 Å². The number of hydrogen-bond donors (Lipinski definition) is 2. The Kier molecular flexibility index (Phi) is 19.0. The molecule has 14 nitrogen and oxygen atoms in total. The van der Waals surface area contributed by atoms with Crippen LogP contribution in [0.2, 0.25) is 0 Å². The van der Waals surface area contributed by atoms with E-state index in [1.165, 1.54) is 15.9 Å². The summed E-state index contributed by atoms with van der Waals surface area (Å²) in [5.41, 5.74) is -1.78. The van der Waals surface area contributed by atoms with Gasteiger partial charge in [-0.05, 0) is 55.7 Å². The Labute approximate surface area is 320 Å². The molecule has 294 valence electrons. The van der Waals surface area contributed by atoms with Crippen LogP contribution in [0.25, 0.3) is 0 Å². The molecule has 0 saturated heterocycles. The quantitative estimate of drug-likeness (QED) is 0.0377. The molecule has 0 unspecified atom stereocenters. The highest BCUT2D eigenvalue weighted by molar-refractivity contribution is 7.95. The van der Waals surface area contributed by atoms with Crippen molar-refractivity contribution < 1.29 is 62.4 Å². The molecule has 55 heavy (non-hydrogen) atoms. The minimum Gasteiger partial charge on any atom is -0.481 e. The van der Waals surface area contributed by atoms with Crippen molar-refractivity contribution in [3.63, 3.8) is 0 Å². The van der Waals surface area contributed by atoms with E-state index in [0.29, 0.717) is 12.8 Å². The lowest BCUT2D eigenvalue weighted by Gasteiger charge is -2.33. The van der Waals surface area contributed by atoms with E-state index in [4.69, 9.17) is 19.3 Å². The predicted molar refractivity (Wildman–Crippen MR) is 202 cm³/mol. The van der Waals surface area contributed by atoms with Crippen LogP contribution in [-0.2, 0) is 57.2 Å². The molecule has 0 aliphatic heterocycles. The second-order valence-electron chi connectivity index (χ2n) is 12.5. The lowest BCUT2D eigenvalue weighted by atomic mass is 10.0. The fourth-order valence-electron chi connectivity index (χ4n) is 5.75. The number of carboxylic acids is 1. The molecule has 0 aliphatic carbocycles. The van der Waals surface area contributed by atoms with Gasteiger partial charge in [-0.25, -0.2) is 0 Å². The average molecular weight is 781 g/mol. The van der Waals surface area contributed by atoms with Crippen molar-refractivity contribution in [3.05, 3.63) is 91.0 Å². The van der Waals surface area contributed by atoms with Crippen molar-refractivity contribution in [2.75, 3.05) is 39.2 Å². The van der Waals surface area contributed by atoms with E-state index in [2.05, 4.69) is 51.2 Å². The molecule has 3 aromatic rings. The Morgan fingerprint density at radius 3 is 1.38 bits per heavy atom. The number of hydrogen-bond acceptors (Lipinski definition) is 12. The minimum absolute atomic E-state index is 0.0183. The molecule has 1 amide bonds. The van der Waals surface area contributed by atoms with Gasteiger partial charge in [0.25, 0.3) is 12.9 Å². The molecule has 0 aliphatic rings. The second-order valence-corrected chi connectivity index (χ2v) is 16.1. The predicted octanol–water partition coefficient (Wildman–Crippen LogP) is 3.02. The van der Waals surface area contributed by atoms with Crippen LogP contribution in [0, 0.1) is 0 Å². The molecule has 0 radical (unpaired) electrons. The molecule has 2 N–H and O–H groups in total. The van der Waals surface area contributed by atoms with E-state index in [-0.39, 0.29) is 45.4 Å². The Hall–Kier alpha value is -5.62. The van der Waals surface area contributed by atoms with Crippen molar-refractivity contribution in [3.8, 4) is 0 Å². The van der Waals surface area contributed by atoms with Crippen LogP contribution in [0.3, 0.4) is 0 Å². The first kappa shape index (κ1) is 43.8. The number of amides is 1. The summed E-state index contributed by atoms with van der Waals surface area (Å²) in [6.07, 6.45) is 1.13. The summed E-state index contributed by atoms with van der Waals surface area (Å²) in [5.74, 6) is -4.32. The topological polar surface area (TPSA) is 198 Å². The molecule has 15 heteroatoms. The zero-order chi connectivity index (χ0) is 39.8. The summed E-state index contributed by atoms with van der Waals surface area (Å²) < 4.78 is 25.0. The maximum Gasteiger partial charge on any atom is 0.309 e. The standard InChI is InChI=1S/C40H46NO13P/c42-30-50-24-22-38(48)53-28-40(27-52-37(47)21-20-36(45)46,29-54-39(49)23-25-51-31-43)41-35(44)19-11-4-12-26-55(32-13-5-1-6-14-32,33-15-7-2-8-16-33)34-17-9-3-10-18-34/h1-3,5-10,13-18,30-31H,4,11-12,19-29H2,(H-,41,44,45,46)/p+1. The number of aliphatic carboxylic acids is 1. The molecule has 3 aromatic carbocycles. The summed E-state index contributed by atoms with van der Waals surface area (Å²) in [7, 11) is -2.08. The third kappa shape index (κ3) is 15.0.